The number of rotatable bonds is 4. The molecular formula is C11H15IN2O. The monoisotopic (exact) mass is 318 g/mol. The number of nitrogens with one attached hydrogen (secondary N) is 1. The molecule has 0 radical (unpaired) electrons. The van der Waals surface area contributed by atoms with Crippen LogP contribution in [0.3, 0.4) is 0 Å². The van der Waals surface area contributed by atoms with Gasteiger partial charge in [0.2, 0.25) is 0 Å². The molecule has 0 saturated heterocycles. The molecule has 0 aliphatic carbocycles. The van der Waals surface area contributed by atoms with Gasteiger partial charge in [0.05, 0.1) is 16.7 Å². The van der Waals surface area contributed by atoms with Crippen LogP contribution in [0.4, 0.5) is 0 Å². The second-order valence-electron chi connectivity index (χ2n) is 3.04. The SMILES string of the molecule is CN/C=C\C(N)c1cccc(I)c1OC. The van der Waals surface area contributed by atoms with E-state index < -0.39 is 0 Å². The lowest BCUT2D eigenvalue weighted by atomic mass is 10.1. The molecule has 82 valence electrons. The molecule has 3 nitrogen and oxygen atoms in total. The quantitative estimate of drug-likeness (QED) is 0.835. The Kier molecular flexibility index (Phi) is 4.90. The summed E-state index contributed by atoms with van der Waals surface area (Å²) in [7, 11) is 3.50. The highest BCUT2D eigenvalue weighted by Crippen LogP contribution is 2.29. The lowest BCUT2D eigenvalue weighted by molar-refractivity contribution is 0.405. The van der Waals surface area contributed by atoms with E-state index in [2.05, 4.69) is 27.9 Å². The minimum atomic E-state index is -0.151. The van der Waals surface area contributed by atoms with E-state index in [1.807, 2.05) is 37.5 Å². The average molecular weight is 318 g/mol. The highest BCUT2D eigenvalue weighted by Gasteiger charge is 2.11. The molecule has 3 N–H and O–H groups in total. The van der Waals surface area contributed by atoms with Crippen molar-refractivity contribution in [3.05, 3.63) is 39.6 Å². The van der Waals surface area contributed by atoms with Crippen molar-refractivity contribution in [3.8, 4) is 5.75 Å². The summed E-state index contributed by atoms with van der Waals surface area (Å²) in [5.74, 6) is 0.853. The summed E-state index contributed by atoms with van der Waals surface area (Å²) in [6, 6.07) is 5.80. The number of hydrogen-bond donors (Lipinski definition) is 2. The smallest absolute Gasteiger partial charge is 0.137 e. The fourth-order valence-electron chi connectivity index (χ4n) is 1.31. The molecule has 0 spiro atoms. The first-order chi connectivity index (χ1) is 7.20. The van der Waals surface area contributed by atoms with Gasteiger partial charge < -0.3 is 15.8 Å². The highest BCUT2D eigenvalue weighted by molar-refractivity contribution is 14.1. The van der Waals surface area contributed by atoms with E-state index >= 15 is 0 Å². The van der Waals surface area contributed by atoms with Crippen molar-refractivity contribution >= 4 is 22.6 Å². The molecule has 1 unspecified atom stereocenters. The first-order valence-electron chi connectivity index (χ1n) is 4.62. The largest absolute Gasteiger partial charge is 0.495 e. The molecule has 1 atom stereocenters. The molecular weight excluding hydrogens is 303 g/mol. The maximum atomic E-state index is 6.02. The Morgan fingerprint density at radius 2 is 2.27 bits per heavy atom. The molecule has 1 rings (SSSR count). The van der Waals surface area contributed by atoms with Crippen molar-refractivity contribution in [2.75, 3.05) is 14.2 Å². The van der Waals surface area contributed by atoms with Crippen molar-refractivity contribution in [2.24, 2.45) is 5.73 Å². The molecule has 15 heavy (non-hydrogen) atoms. The molecule has 4 heteroatoms. The number of para-hydroxylation sites is 1. The molecule has 0 aliphatic heterocycles. The Morgan fingerprint density at radius 3 is 2.87 bits per heavy atom. The second kappa shape index (κ2) is 5.97. The normalized spacial score (nSPS) is 12.8. The van der Waals surface area contributed by atoms with Crippen LogP contribution in [0.15, 0.2) is 30.5 Å². The van der Waals surface area contributed by atoms with Gasteiger partial charge in [-0.25, -0.2) is 0 Å². The molecule has 0 aromatic heterocycles. The summed E-state index contributed by atoms with van der Waals surface area (Å²) in [4.78, 5) is 0. The Labute approximate surface area is 104 Å². The van der Waals surface area contributed by atoms with Crippen LogP contribution in [0, 0.1) is 3.57 Å². The minimum absolute atomic E-state index is 0.151. The van der Waals surface area contributed by atoms with E-state index in [1.165, 1.54) is 0 Å². The van der Waals surface area contributed by atoms with Crippen LogP contribution in [0.5, 0.6) is 5.75 Å². The van der Waals surface area contributed by atoms with Crippen molar-refractivity contribution in [2.45, 2.75) is 6.04 Å². The first-order valence-corrected chi connectivity index (χ1v) is 5.70. The van der Waals surface area contributed by atoms with Gasteiger partial charge in [-0.15, -0.1) is 0 Å². The molecule has 0 bridgehead atoms. The minimum Gasteiger partial charge on any atom is -0.495 e. The number of methoxy groups -OCH3 is 1. The fourth-order valence-corrected chi connectivity index (χ4v) is 2.05. The number of nitrogens with two attached hydrogens (primary N) is 1. The van der Waals surface area contributed by atoms with E-state index in [0.29, 0.717) is 0 Å². The van der Waals surface area contributed by atoms with Crippen molar-refractivity contribution in [3.63, 3.8) is 0 Å². The van der Waals surface area contributed by atoms with Crippen LogP contribution < -0.4 is 15.8 Å². The Hall–Kier alpha value is -0.750. The number of ether oxygens (including phenoxy) is 1. The lowest BCUT2D eigenvalue weighted by Gasteiger charge is -2.13. The third-order valence-corrected chi connectivity index (χ3v) is 2.88. The number of benzene rings is 1. The van der Waals surface area contributed by atoms with Crippen LogP contribution in [0.1, 0.15) is 11.6 Å². The van der Waals surface area contributed by atoms with Gasteiger partial charge in [0.1, 0.15) is 5.75 Å². The van der Waals surface area contributed by atoms with Crippen molar-refractivity contribution in [1.29, 1.82) is 0 Å². The zero-order valence-corrected chi connectivity index (χ0v) is 11.0. The molecule has 1 aromatic rings. The van der Waals surface area contributed by atoms with E-state index in [-0.39, 0.29) is 6.04 Å². The van der Waals surface area contributed by atoms with E-state index in [1.54, 1.807) is 7.11 Å². The van der Waals surface area contributed by atoms with Gasteiger partial charge in [0, 0.05) is 12.6 Å². The van der Waals surface area contributed by atoms with Crippen LogP contribution in [0.2, 0.25) is 0 Å². The molecule has 1 aromatic carbocycles. The predicted molar refractivity (Wildman–Crippen MR) is 70.8 cm³/mol. The zero-order chi connectivity index (χ0) is 11.3. The maximum absolute atomic E-state index is 6.02. The molecule has 0 saturated carbocycles. The zero-order valence-electron chi connectivity index (χ0n) is 8.83. The van der Waals surface area contributed by atoms with E-state index in [9.17, 15) is 0 Å². The molecule has 0 amide bonds. The predicted octanol–water partition coefficient (Wildman–Crippen LogP) is 2.03. The Bertz CT molecular complexity index is 352. The summed E-state index contributed by atoms with van der Waals surface area (Å²) in [6.07, 6.45) is 3.72. The van der Waals surface area contributed by atoms with Gasteiger partial charge in [-0.05, 0) is 40.9 Å². The van der Waals surface area contributed by atoms with Crippen LogP contribution in [-0.2, 0) is 0 Å². The lowest BCUT2D eigenvalue weighted by Crippen LogP contribution is -2.10. The van der Waals surface area contributed by atoms with Crippen molar-refractivity contribution < 1.29 is 4.74 Å². The molecule has 0 heterocycles. The van der Waals surface area contributed by atoms with Crippen molar-refractivity contribution in [1.82, 2.24) is 5.32 Å². The highest BCUT2D eigenvalue weighted by atomic mass is 127. The number of hydrogen-bond acceptors (Lipinski definition) is 3. The number of halogens is 1. The maximum Gasteiger partial charge on any atom is 0.137 e. The molecule has 0 aliphatic rings. The first kappa shape index (κ1) is 12.3. The second-order valence-corrected chi connectivity index (χ2v) is 4.20. The van der Waals surface area contributed by atoms with Gasteiger partial charge in [0.25, 0.3) is 0 Å². The van der Waals surface area contributed by atoms with Crippen LogP contribution >= 0.6 is 22.6 Å². The van der Waals surface area contributed by atoms with Gasteiger partial charge in [0.15, 0.2) is 0 Å². The van der Waals surface area contributed by atoms with Crippen LogP contribution in [0.25, 0.3) is 0 Å². The van der Waals surface area contributed by atoms with Gasteiger partial charge in [-0.2, -0.15) is 0 Å². The summed E-state index contributed by atoms with van der Waals surface area (Å²) in [6.45, 7) is 0. The third-order valence-electron chi connectivity index (χ3n) is 2.03. The Balaban J connectivity index is 3.02. The van der Waals surface area contributed by atoms with Gasteiger partial charge in [-0.3, -0.25) is 0 Å². The fraction of sp³-hybridized carbons (Fsp3) is 0.273. The van der Waals surface area contributed by atoms with Crippen LogP contribution in [-0.4, -0.2) is 14.2 Å². The van der Waals surface area contributed by atoms with Gasteiger partial charge >= 0.3 is 0 Å². The standard InChI is InChI=1S/C11H15IN2O/c1-14-7-6-10(13)8-4-3-5-9(12)11(8)15-2/h3-7,10,14H,13H2,1-2H3/b7-6-. The van der Waals surface area contributed by atoms with E-state index in [0.717, 1.165) is 14.9 Å². The molecule has 0 fully saturated rings. The summed E-state index contributed by atoms with van der Waals surface area (Å²) < 4.78 is 6.41. The summed E-state index contributed by atoms with van der Waals surface area (Å²) in [5, 5.41) is 2.92. The Morgan fingerprint density at radius 1 is 1.53 bits per heavy atom. The average Bonchev–Trinajstić information content (AvgIpc) is 2.25. The van der Waals surface area contributed by atoms with Gasteiger partial charge in [-0.1, -0.05) is 12.1 Å². The third kappa shape index (κ3) is 3.10. The summed E-state index contributed by atoms with van der Waals surface area (Å²) in [5.41, 5.74) is 7.01. The summed E-state index contributed by atoms with van der Waals surface area (Å²) >= 11 is 2.24. The van der Waals surface area contributed by atoms with E-state index in [4.69, 9.17) is 10.5 Å². The topological polar surface area (TPSA) is 47.3 Å².